The number of carbonyl (C=O) groups is 2. The summed E-state index contributed by atoms with van der Waals surface area (Å²) >= 11 is 6.07. The average molecular weight is 604 g/mol. The Labute approximate surface area is 251 Å². The minimum absolute atomic E-state index is 0.0155. The first-order valence-electron chi connectivity index (χ1n) is 13.1. The van der Waals surface area contributed by atoms with Crippen LogP contribution >= 0.6 is 11.6 Å². The van der Waals surface area contributed by atoms with Crippen molar-refractivity contribution in [2.24, 2.45) is 0 Å². The van der Waals surface area contributed by atoms with E-state index in [2.05, 4.69) is 5.32 Å². The number of nitrogens with one attached hydrogen (secondary N) is 1. The van der Waals surface area contributed by atoms with E-state index < -0.39 is 23.4 Å². The maximum Gasteiger partial charge on any atom is 0.339 e. The number of hydrogen-bond acceptors (Lipinski definition) is 9. The lowest BCUT2D eigenvalue weighted by Gasteiger charge is -2.14. The maximum absolute atomic E-state index is 13.5. The molecule has 1 amide bonds. The van der Waals surface area contributed by atoms with Gasteiger partial charge in [0.25, 0.3) is 11.6 Å². The molecule has 1 aliphatic carbocycles. The van der Waals surface area contributed by atoms with Gasteiger partial charge in [0, 0.05) is 17.5 Å². The van der Waals surface area contributed by atoms with Gasteiger partial charge in [0.2, 0.25) is 5.75 Å². The van der Waals surface area contributed by atoms with E-state index in [9.17, 15) is 19.7 Å². The predicted octanol–water partition coefficient (Wildman–Crippen LogP) is 6.10. The van der Waals surface area contributed by atoms with Crippen molar-refractivity contribution >= 4 is 57.4 Å². The molecular weight excluding hydrogens is 578 g/mol. The van der Waals surface area contributed by atoms with E-state index in [1.165, 1.54) is 19.2 Å². The Morgan fingerprint density at radius 1 is 1.02 bits per heavy atom. The summed E-state index contributed by atoms with van der Waals surface area (Å²) in [6.45, 7) is -0.592. The highest BCUT2D eigenvalue weighted by atomic mass is 35.5. The molecule has 0 saturated carbocycles. The summed E-state index contributed by atoms with van der Waals surface area (Å²) in [5.74, 6) is 0.177. The highest BCUT2D eigenvalue weighted by Gasteiger charge is 2.28. The van der Waals surface area contributed by atoms with Crippen molar-refractivity contribution < 1.29 is 33.5 Å². The molecule has 43 heavy (non-hydrogen) atoms. The molecule has 0 radical (unpaired) electrons. The van der Waals surface area contributed by atoms with Crippen LogP contribution in [0.25, 0.3) is 22.6 Å². The van der Waals surface area contributed by atoms with Crippen LogP contribution in [0.2, 0.25) is 5.02 Å². The SMILES string of the molecule is COc1cc(C=C2CCc3c2nc2ccccc2c3C(=O)OCC(=O)Nc2ccc([N+](=O)[O-])cc2Cl)cc(OC)c1OC. The van der Waals surface area contributed by atoms with E-state index in [0.717, 1.165) is 22.8 Å². The van der Waals surface area contributed by atoms with Gasteiger partial charge in [0.05, 0.1) is 53.7 Å². The summed E-state index contributed by atoms with van der Waals surface area (Å²) in [6, 6.07) is 14.5. The Kier molecular flexibility index (Phi) is 8.44. The first-order valence-corrected chi connectivity index (χ1v) is 13.4. The number of esters is 1. The number of nitro groups is 1. The molecule has 0 unspecified atom stereocenters. The highest BCUT2D eigenvalue weighted by Crippen LogP contribution is 2.41. The fourth-order valence-electron chi connectivity index (χ4n) is 5.01. The topological polar surface area (TPSA) is 139 Å². The molecule has 1 heterocycles. The Bertz CT molecular complexity index is 1780. The summed E-state index contributed by atoms with van der Waals surface area (Å²) in [4.78, 5) is 41.3. The van der Waals surface area contributed by atoms with Crippen LogP contribution in [0.1, 0.15) is 33.6 Å². The number of ether oxygens (including phenoxy) is 4. The molecule has 0 bridgehead atoms. The normalized spacial score (nSPS) is 13.0. The van der Waals surface area contributed by atoms with Crippen LogP contribution in [-0.4, -0.2) is 49.7 Å². The van der Waals surface area contributed by atoms with Gasteiger partial charge in [-0.3, -0.25) is 14.9 Å². The van der Waals surface area contributed by atoms with Crippen molar-refractivity contribution in [3.8, 4) is 17.2 Å². The number of anilines is 1. The molecule has 220 valence electrons. The Morgan fingerprint density at radius 2 is 1.74 bits per heavy atom. The number of nitro benzene ring substituents is 1. The molecule has 3 aromatic carbocycles. The van der Waals surface area contributed by atoms with Crippen molar-refractivity contribution in [1.82, 2.24) is 4.98 Å². The van der Waals surface area contributed by atoms with Crippen LogP contribution in [0.5, 0.6) is 17.2 Å². The average Bonchev–Trinajstić information content (AvgIpc) is 3.40. The fraction of sp³-hybridized carbons (Fsp3) is 0.194. The van der Waals surface area contributed by atoms with E-state index in [1.54, 1.807) is 26.4 Å². The number of nitrogens with zero attached hydrogens (tertiary/aromatic N) is 2. The van der Waals surface area contributed by atoms with E-state index >= 15 is 0 Å². The molecule has 1 aliphatic rings. The molecule has 0 aliphatic heterocycles. The molecule has 5 rings (SSSR count). The minimum Gasteiger partial charge on any atom is -0.493 e. The number of non-ortho nitro benzene ring substituents is 1. The summed E-state index contributed by atoms with van der Waals surface area (Å²) < 4.78 is 21.8. The van der Waals surface area contributed by atoms with Gasteiger partial charge in [-0.2, -0.15) is 0 Å². The Morgan fingerprint density at radius 3 is 2.40 bits per heavy atom. The minimum atomic E-state index is -0.672. The molecule has 11 nitrogen and oxygen atoms in total. The number of amides is 1. The van der Waals surface area contributed by atoms with Gasteiger partial charge in [-0.1, -0.05) is 29.8 Å². The van der Waals surface area contributed by atoms with Crippen molar-refractivity contribution in [2.75, 3.05) is 33.3 Å². The Balaban J connectivity index is 1.43. The largest absolute Gasteiger partial charge is 0.493 e. The van der Waals surface area contributed by atoms with E-state index in [4.69, 9.17) is 35.5 Å². The first-order chi connectivity index (χ1) is 20.7. The van der Waals surface area contributed by atoms with Gasteiger partial charge >= 0.3 is 5.97 Å². The van der Waals surface area contributed by atoms with E-state index in [0.29, 0.717) is 52.3 Å². The zero-order chi connectivity index (χ0) is 30.7. The molecule has 1 aromatic heterocycles. The van der Waals surface area contributed by atoms with E-state index in [1.807, 2.05) is 30.3 Å². The third-order valence-electron chi connectivity index (χ3n) is 6.95. The van der Waals surface area contributed by atoms with Crippen molar-refractivity contribution in [3.05, 3.63) is 92.1 Å². The molecule has 0 atom stereocenters. The number of pyridine rings is 1. The van der Waals surface area contributed by atoms with Crippen LogP contribution in [0.3, 0.4) is 0 Å². The van der Waals surface area contributed by atoms with Gasteiger partial charge in [-0.15, -0.1) is 0 Å². The van der Waals surface area contributed by atoms with Crippen LogP contribution in [0.15, 0.2) is 54.6 Å². The number of halogens is 1. The second kappa shape index (κ2) is 12.4. The third kappa shape index (κ3) is 5.93. The second-order valence-corrected chi connectivity index (χ2v) is 9.91. The number of aromatic nitrogens is 1. The van der Waals surface area contributed by atoms with E-state index in [-0.39, 0.29) is 16.4 Å². The molecule has 0 saturated heterocycles. The lowest BCUT2D eigenvalue weighted by Crippen LogP contribution is -2.22. The number of allylic oxidation sites excluding steroid dienone is 1. The number of rotatable bonds is 9. The molecule has 1 N–H and O–H groups in total. The zero-order valence-electron chi connectivity index (χ0n) is 23.4. The predicted molar refractivity (Wildman–Crippen MR) is 161 cm³/mol. The van der Waals surface area contributed by atoms with Crippen molar-refractivity contribution in [2.45, 2.75) is 12.8 Å². The lowest BCUT2D eigenvalue weighted by atomic mass is 10.0. The second-order valence-electron chi connectivity index (χ2n) is 9.50. The van der Waals surface area contributed by atoms with Crippen LogP contribution in [-0.2, 0) is 16.0 Å². The summed E-state index contributed by atoms with van der Waals surface area (Å²) in [5.41, 5.74) is 4.00. The highest BCUT2D eigenvalue weighted by molar-refractivity contribution is 6.34. The van der Waals surface area contributed by atoms with Gasteiger partial charge in [-0.05, 0) is 59.9 Å². The summed E-state index contributed by atoms with van der Waals surface area (Å²) in [5, 5.41) is 14.0. The smallest absolute Gasteiger partial charge is 0.339 e. The maximum atomic E-state index is 13.5. The summed E-state index contributed by atoms with van der Waals surface area (Å²) in [6.07, 6.45) is 3.13. The van der Waals surface area contributed by atoms with Crippen molar-refractivity contribution in [3.63, 3.8) is 0 Å². The standard InChI is InChI=1S/C31H26ClN3O8/c1-40-25-13-17(14-26(41-2)30(25)42-3)12-18-8-10-21-28(20-6-4-5-7-23(20)34-29(18)21)31(37)43-16-27(36)33-24-11-9-19(35(38)39)15-22(24)32/h4-7,9,11-15H,8,10,16H2,1-3H3,(H,33,36). The van der Waals surface area contributed by atoms with Crippen LogP contribution < -0.4 is 19.5 Å². The lowest BCUT2D eigenvalue weighted by molar-refractivity contribution is -0.384. The molecule has 0 fully saturated rings. The molecule has 12 heteroatoms. The molecule has 4 aromatic rings. The number of carbonyl (C=O) groups excluding carboxylic acids is 2. The van der Waals surface area contributed by atoms with Gasteiger partial charge in [-0.25, -0.2) is 9.78 Å². The number of methoxy groups -OCH3 is 3. The number of fused-ring (bicyclic) bond motifs is 2. The fourth-order valence-corrected chi connectivity index (χ4v) is 5.23. The monoisotopic (exact) mass is 603 g/mol. The first kappa shape index (κ1) is 29.3. The molecular formula is C31H26ClN3O8. The number of para-hydroxylation sites is 1. The van der Waals surface area contributed by atoms with Crippen LogP contribution in [0, 0.1) is 10.1 Å². The zero-order valence-corrected chi connectivity index (χ0v) is 24.2. The van der Waals surface area contributed by atoms with Gasteiger partial charge in [0.15, 0.2) is 18.1 Å². The quantitative estimate of drug-likeness (QED) is 0.136. The van der Waals surface area contributed by atoms with Crippen molar-refractivity contribution in [1.29, 1.82) is 0 Å². The van der Waals surface area contributed by atoms with Gasteiger partial charge < -0.3 is 24.3 Å². The van der Waals surface area contributed by atoms with Crippen LogP contribution in [0.4, 0.5) is 11.4 Å². The third-order valence-corrected chi connectivity index (χ3v) is 7.26. The summed E-state index contributed by atoms with van der Waals surface area (Å²) in [7, 11) is 4.63. The number of benzene rings is 3. The number of hydrogen-bond donors (Lipinski definition) is 1. The molecule has 0 spiro atoms. The Hall–Kier alpha value is -5.16. The van der Waals surface area contributed by atoms with Gasteiger partial charge in [0.1, 0.15) is 0 Å².